The summed E-state index contributed by atoms with van der Waals surface area (Å²) in [5.41, 5.74) is 7.71. The Balaban J connectivity index is 1.04. The van der Waals surface area contributed by atoms with E-state index in [0.717, 1.165) is 43.5 Å². The average Bonchev–Trinajstić information content (AvgIpc) is 1.06. The number of rotatable bonds is 45. The Labute approximate surface area is 671 Å². The van der Waals surface area contributed by atoms with Gasteiger partial charge in [0.15, 0.2) is 5.82 Å². The Morgan fingerprint density at radius 1 is 0.632 bits per heavy atom. The van der Waals surface area contributed by atoms with Crippen LogP contribution in [0.2, 0.25) is 0 Å². The molecule has 1 unspecified atom stereocenters. The maximum absolute atomic E-state index is 15.8. The van der Waals surface area contributed by atoms with Crippen molar-refractivity contribution in [3.05, 3.63) is 231 Å². The SMILES string of the molecule is CCc1cc(OCCCCN=[N+]=[N-])ccc1-c1ccc(C[C@H](NC(=O)[C@H](CC(=O)O)NC(=O)[C@H](COC(c2ccccc2)(c2ccccc2)c2ccccc2)NC(=O)[C@@H](NC(=O)C(C)(Cc2ccccc2F)NC(=O)[C@@H](NC(=O)CNC(=O)[C@H](Cc2nnn[nH]2)NC(=O)C(C)(C)C(=O)NCCc2cnc[nH]2)[C@@H](C)O)[C@@H](C)O)C(=O)O)cc1. The summed E-state index contributed by atoms with van der Waals surface area (Å²) in [5, 5.41) is 82.2. The van der Waals surface area contributed by atoms with Gasteiger partial charge in [0.1, 0.15) is 64.4 Å². The fourth-order valence-electron chi connectivity index (χ4n) is 12.6. The minimum Gasteiger partial charge on any atom is -0.494 e. The first-order valence-electron chi connectivity index (χ1n) is 37.6. The Morgan fingerprint density at radius 3 is 1.81 bits per heavy atom. The highest BCUT2D eigenvalue weighted by molar-refractivity contribution is 6.06. The van der Waals surface area contributed by atoms with E-state index >= 15 is 18.8 Å². The van der Waals surface area contributed by atoms with E-state index in [4.69, 9.17) is 15.0 Å². The predicted molar refractivity (Wildman–Crippen MR) is 420 cm³/mol. The van der Waals surface area contributed by atoms with E-state index in [1.54, 1.807) is 121 Å². The fraction of sp³-hybridized carbons (Fsp3) is 0.370. The zero-order valence-corrected chi connectivity index (χ0v) is 65.1. The van der Waals surface area contributed by atoms with Gasteiger partial charge in [-0.05, 0) is 133 Å². The van der Waals surface area contributed by atoms with Gasteiger partial charge in [0, 0.05) is 55.6 Å². The van der Waals surface area contributed by atoms with Crippen molar-refractivity contribution in [1.82, 2.24) is 78.4 Å². The van der Waals surface area contributed by atoms with Crippen LogP contribution in [0, 0.1) is 11.2 Å². The molecule has 6 aromatic carbocycles. The normalized spacial score (nSPS) is 13.9. The number of azide groups is 1. The molecule has 8 aromatic rings. The average molecular weight is 1610 g/mol. The highest BCUT2D eigenvalue weighted by Crippen LogP contribution is 2.41. The van der Waals surface area contributed by atoms with Crippen LogP contribution in [0.5, 0.6) is 5.75 Å². The van der Waals surface area contributed by atoms with Crippen LogP contribution in [-0.2, 0) is 95.2 Å². The number of hydrogen-bond acceptors (Lipinski definition) is 20. The lowest BCUT2D eigenvalue weighted by Crippen LogP contribution is -2.67. The van der Waals surface area contributed by atoms with Gasteiger partial charge in [-0.1, -0.05) is 152 Å². The molecule has 0 fully saturated rings. The molecule has 618 valence electrons. The second kappa shape index (κ2) is 42.7. The lowest BCUT2D eigenvalue weighted by atomic mass is 9.80. The van der Waals surface area contributed by atoms with Gasteiger partial charge in [-0.2, -0.15) is 0 Å². The molecule has 15 N–H and O–H groups in total. The first kappa shape index (κ1) is 89.2. The second-order valence-corrected chi connectivity index (χ2v) is 28.4. The van der Waals surface area contributed by atoms with Crippen molar-refractivity contribution < 1.29 is 87.0 Å². The number of aromatic nitrogens is 6. The molecule has 8 rings (SSSR count). The van der Waals surface area contributed by atoms with Gasteiger partial charge in [-0.3, -0.25) is 47.9 Å². The van der Waals surface area contributed by atoms with Crippen molar-refractivity contribution in [2.45, 2.75) is 153 Å². The van der Waals surface area contributed by atoms with Gasteiger partial charge < -0.3 is 82.7 Å². The largest absolute Gasteiger partial charge is 0.494 e. The van der Waals surface area contributed by atoms with Crippen molar-refractivity contribution in [2.24, 2.45) is 10.5 Å². The summed E-state index contributed by atoms with van der Waals surface area (Å²) in [4.78, 5) is 165. The Bertz CT molecular complexity index is 4650. The number of nitrogens with zero attached hydrogens (tertiary/aromatic N) is 7. The molecule has 9 amide bonds. The molecule has 0 saturated carbocycles. The molecule has 9 atom stereocenters. The van der Waals surface area contributed by atoms with Crippen LogP contribution in [-0.4, -0.2) is 203 Å². The quantitative estimate of drug-likeness (QED) is 0.00649. The molecule has 0 bridgehead atoms. The lowest BCUT2D eigenvalue weighted by molar-refractivity contribution is -0.144. The van der Waals surface area contributed by atoms with Crippen LogP contribution in [0.3, 0.4) is 0 Å². The first-order valence-corrected chi connectivity index (χ1v) is 37.6. The molecule has 0 aliphatic carbocycles. The Kier molecular flexibility index (Phi) is 32.6. The number of aryl methyl sites for hydroxylation is 1. The number of imidazole rings is 1. The molecule has 2 aromatic heterocycles. The number of amides is 9. The molecular formula is C81H95FN18O17. The molecule has 0 aliphatic rings. The summed E-state index contributed by atoms with van der Waals surface area (Å²) in [5.74, 6) is -13.7. The molecule has 117 heavy (non-hydrogen) atoms. The molecule has 0 radical (unpaired) electrons. The maximum Gasteiger partial charge on any atom is 0.326 e. The molecule has 2 heterocycles. The van der Waals surface area contributed by atoms with Crippen molar-refractivity contribution in [3.63, 3.8) is 0 Å². The number of aromatic amines is 2. The summed E-state index contributed by atoms with van der Waals surface area (Å²) >= 11 is 0. The van der Waals surface area contributed by atoms with Crippen LogP contribution in [0.1, 0.15) is 106 Å². The van der Waals surface area contributed by atoms with Crippen LogP contribution < -0.4 is 52.6 Å². The number of carboxylic acid groups (broad SMARTS) is 2. The zero-order chi connectivity index (χ0) is 84.8. The number of nitrogens with one attached hydrogen (secondary N) is 11. The second-order valence-electron chi connectivity index (χ2n) is 28.4. The molecule has 35 nitrogen and oxygen atoms in total. The van der Waals surface area contributed by atoms with Crippen molar-refractivity contribution in [1.29, 1.82) is 0 Å². The fourth-order valence-corrected chi connectivity index (χ4v) is 12.6. The van der Waals surface area contributed by atoms with Crippen molar-refractivity contribution in [3.8, 4) is 16.9 Å². The van der Waals surface area contributed by atoms with Crippen molar-refractivity contribution in [2.75, 3.05) is 32.8 Å². The molecular weight excluding hydrogens is 1520 g/mol. The zero-order valence-electron chi connectivity index (χ0n) is 65.1. The number of tetrazole rings is 1. The number of H-pyrrole nitrogens is 2. The molecule has 0 saturated heterocycles. The van der Waals surface area contributed by atoms with Crippen molar-refractivity contribution >= 4 is 65.1 Å². The van der Waals surface area contributed by atoms with Gasteiger partial charge >= 0.3 is 11.9 Å². The van der Waals surface area contributed by atoms with Gasteiger partial charge in [0.2, 0.25) is 53.2 Å². The number of carbonyl (C=O) groups is 11. The number of carboxylic acids is 2. The van der Waals surface area contributed by atoms with E-state index in [1.165, 1.54) is 38.4 Å². The number of aliphatic hydroxyl groups is 2. The number of aliphatic hydroxyl groups excluding tert-OH is 2. The predicted octanol–water partition coefficient (Wildman–Crippen LogP) is 3.40. The number of aliphatic carboxylic acids is 2. The highest BCUT2D eigenvalue weighted by Gasteiger charge is 2.45. The molecule has 0 aliphatic heterocycles. The monoisotopic (exact) mass is 1610 g/mol. The topological polar surface area (TPSA) is 527 Å². The van der Waals surface area contributed by atoms with Gasteiger partial charge in [0.05, 0.1) is 44.7 Å². The maximum atomic E-state index is 15.8. The number of benzene rings is 6. The summed E-state index contributed by atoms with van der Waals surface area (Å²) < 4.78 is 28.7. The van der Waals surface area contributed by atoms with E-state index in [1.807, 2.05) is 25.1 Å². The van der Waals surface area contributed by atoms with Crippen LogP contribution >= 0.6 is 0 Å². The number of ether oxygens (including phenoxy) is 2. The van der Waals surface area contributed by atoms with E-state index in [0.29, 0.717) is 72.5 Å². The standard InChI is InChI=1S/C81H95FN18O17/c1-7-51-40-58(116-38-20-19-36-88-98-83)33-34-59(51)52-31-29-50(30-32-52)39-63(75(111)112)90-71(107)62(42-67(104)105)89-72(108)64(46-117-81(54-22-11-8-12-23-54,55-24-13-9-14-25-55)56-26-15-10-16-27-56)91-73(109)68(48(2)101)94-78(115)80(6,43-53-21-17-18-28-60(53)82)95-74(110)69(49(3)102)93-66(103)45-86-70(106)61(41-65-96-99-100-97-65)92-77(114)79(4,5)76(113)85-37-35-57-44-84-47-87-57/h8-18,21-34,40,44,47-49,61-64,68-69,101-102H,7,19-20,35-39,41-43,45-46H2,1-6H3,(H,84,87)(H,85,113)(H,86,106)(H,89,108)(H,90,107)(H,91,109)(H,92,114)(H,93,103)(H,94,115)(H,95,110)(H,104,105)(H,111,112)(H,96,97,99,100)/t48-,49-,61+,62+,63+,64+,68+,69+,80?/m1/s1. The minimum atomic E-state index is -2.43. The lowest BCUT2D eigenvalue weighted by Gasteiger charge is -2.37. The highest BCUT2D eigenvalue weighted by atomic mass is 19.1. The van der Waals surface area contributed by atoms with Crippen LogP contribution in [0.15, 0.2) is 175 Å². The van der Waals surface area contributed by atoms with E-state index < -0.39 is 162 Å². The van der Waals surface area contributed by atoms with E-state index in [2.05, 4.69) is 88.5 Å². The summed E-state index contributed by atoms with van der Waals surface area (Å²) in [6.07, 6.45) is -1.01. The minimum absolute atomic E-state index is 0.00435. The van der Waals surface area contributed by atoms with E-state index in [-0.39, 0.29) is 30.8 Å². The number of unbranched alkanes of at least 4 members (excludes halogenated alkanes) is 1. The molecule has 36 heteroatoms. The smallest absolute Gasteiger partial charge is 0.326 e. The third-order valence-corrected chi connectivity index (χ3v) is 19.2. The Morgan fingerprint density at radius 2 is 1.24 bits per heavy atom. The number of halogens is 1. The van der Waals surface area contributed by atoms with Crippen LogP contribution in [0.25, 0.3) is 21.6 Å². The summed E-state index contributed by atoms with van der Waals surface area (Å²) in [6.45, 7) is 6.93. The number of hydrogen-bond donors (Lipinski definition) is 15. The molecule has 0 spiro atoms. The van der Waals surface area contributed by atoms with Gasteiger partial charge in [-0.15, -0.1) is 5.10 Å². The van der Waals surface area contributed by atoms with Gasteiger partial charge in [0.25, 0.3) is 0 Å². The third-order valence-electron chi connectivity index (χ3n) is 19.2. The summed E-state index contributed by atoms with van der Waals surface area (Å²) in [7, 11) is 0. The number of carbonyl (C=O) groups excluding carboxylic acids is 9. The van der Waals surface area contributed by atoms with Crippen LogP contribution in [0.4, 0.5) is 4.39 Å². The third kappa shape index (κ3) is 25.1. The Hall–Kier alpha value is -13.3. The first-order chi connectivity index (χ1) is 56.0. The van der Waals surface area contributed by atoms with Gasteiger partial charge in [-0.25, -0.2) is 19.3 Å². The summed E-state index contributed by atoms with van der Waals surface area (Å²) in [6, 6.07) is 32.0. The van der Waals surface area contributed by atoms with E-state index in [9.17, 15) is 58.8 Å².